The third-order valence-electron chi connectivity index (χ3n) is 4.29. The van der Waals surface area contributed by atoms with E-state index in [2.05, 4.69) is 4.98 Å². The summed E-state index contributed by atoms with van der Waals surface area (Å²) in [7, 11) is 0. The summed E-state index contributed by atoms with van der Waals surface area (Å²) in [6.07, 6.45) is -4.69. The fraction of sp³-hybridized carbons (Fsp3) is 0.714. The number of morpholine rings is 1. The minimum atomic E-state index is -4.45. The van der Waals surface area contributed by atoms with Crippen molar-refractivity contribution in [1.29, 1.82) is 0 Å². The first-order valence-corrected chi connectivity index (χ1v) is 7.80. The summed E-state index contributed by atoms with van der Waals surface area (Å²) in [4.78, 5) is 19.4. The van der Waals surface area contributed by atoms with E-state index in [1.165, 1.54) is 10.6 Å². The van der Waals surface area contributed by atoms with E-state index < -0.39 is 18.8 Å². The third-order valence-corrected chi connectivity index (χ3v) is 4.29. The zero-order chi connectivity index (χ0) is 17.3. The van der Waals surface area contributed by atoms with E-state index in [1.807, 2.05) is 4.90 Å². The number of aliphatic hydroxyl groups excluding tert-OH is 1. The Hall–Kier alpha value is -1.81. The van der Waals surface area contributed by atoms with Crippen LogP contribution in [0.25, 0.3) is 0 Å². The van der Waals surface area contributed by atoms with Gasteiger partial charge >= 0.3 is 6.18 Å². The molecule has 1 fully saturated rings. The number of aromatic nitrogens is 2. The van der Waals surface area contributed by atoms with Gasteiger partial charge in [0, 0.05) is 32.2 Å². The second kappa shape index (κ2) is 6.60. The molecule has 1 atom stereocenters. The quantitative estimate of drug-likeness (QED) is 0.842. The van der Waals surface area contributed by atoms with Crippen molar-refractivity contribution in [3.63, 3.8) is 0 Å². The van der Waals surface area contributed by atoms with Gasteiger partial charge in [-0.1, -0.05) is 0 Å². The Morgan fingerprint density at radius 1 is 1.29 bits per heavy atom. The minimum absolute atomic E-state index is 0.0355. The highest BCUT2D eigenvalue weighted by molar-refractivity contribution is 5.46. The first-order valence-electron chi connectivity index (χ1n) is 7.80. The van der Waals surface area contributed by atoms with Crippen LogP contribution >= 0.6 is 0 Å². The molecule has 0 bridgehead atoms. The molecule has 0 aliphatic carbocycles. The van der Waals surface area contributed by atoms with Gasteiger partial charge in [0.25, 0.3) is 5.56 Å². The van der Waals surface area contributed by atoms with E-state index in [0.717, 1.165) is 4.90 Å². The Kier molecular flexibility index (Phi) is 4.68. The van der Waals surface area contributed by atoms with Crippen LogP contribution in [-0.4, -0.2) is 66.3 Å². The van der Waals surface area contributed by atoms with Crippen LogP contribution in [0, 0.1) is 0 Å². The molecule has 2 aliphatic rings. The minimum Gasteiger partial charge on any atom is -0.395 e. The number of β-amino-alcohol motifs (C(OH)–C–C–N with tert-alkyl or cyclic N) is 1. The highest BCUT2D eigenvalue weighted by Gasteiger charge is 2.46. The lowest BCUT2D eigenvalue weighted by Gasteiger charge is -2.39. The molecule has 134 valence electrons. The molecule has 2 aliphatic heterocycles. The molecule has 3 heterocycles. The van der Waals surface area contributed by atoms with Crippen molar-refractivity contribution in [2.75, 3.05) is 49.3 Å². The number of ether oxygens (including phenoxy) is 1. The van der Waals surface area contributed by atoms with Crippen LogP contribution in [0.15, 0.2) is 10.9 Å². The summed E-state index contributed by atoms with van der Waals surface area (Å²) >= 11 is 0. The van der Waals surface area contributed by atoms with Gasteiger partial charge in [0.15, 0.2) is 0 Å². The van der Waals surface area contributed by atoms with Crippen molar-refractivity contribution < 1.29 is 23.0 Å². The number of hydrogen-bond acceptors (Lipinski definition) is 6. The predicted octanol–water partition coefficient (Wildman–Crippen LogP) is 0.213. The Morgan fingerprint density at radius 3 is 2.62 bits per heavy atom. The van der Waals surface area contributed by atoms with Crippen LogP contribution in [0.4, 0.5) is 24.9 Å². The molecule has 3 rings (SSSR count). The van der Waals surface area contributed by atoms with Crippen LogP contribution in [0.1, 0.15) is 6.42 Å². The third kappa shape index (κ3) is 3.20. The normalized spacial score (nSPS) is 21.8. The van der Waals surface area contributed by atoms with Crippen molar-refractivity contribution in [3.8, 4) is 0 Å². The van der Waals surface area contributed by atoms with Gasteiger partial charge in [-0.05, 0) is 6.42 Å². The van der Waals surface area contributed by atoms with Gasteiger partial charge in [0.2, 0.25) is 5.95 Å². The summed E-state index contributed by atoms with van der Waals surface area (Å²) in [5.74, 6) is 0.312. The number of halogens is 3. The van der Waals surface area contributed by atoms with E-state index in [4.69, 9.17) is 9.84 Å². The van der Waals surface area contributed by atoms with E-state index >= 15 is 0 Å². The van der Waals surface area contributed by atoms with E-state index in [0.29, 0.717) is 32.1 Å². The second-order valence-electron chi connectivity index (χ2n) is 5.77. The Balaban J connectivity index is 2.02. The fourth-order valence-corrected chi connectivity index (χ4v) is 3.12. The van der Waals surface area contributed by atoms with Gasteiger partial charge in [0.1, 0.15) is 11.9 Å². The lowest BCUT2D eigenvalue weighted by Crippen LogP contribution is -2.53. The molecule has 10 heteroatoms. The molecule has 0 amide bonds. The number of nitrogens with zero attached hydrogens (tertiary/aromatic N) is 4. The standard InChI is InChI=1S/C14H19F3N4O3/c15-14(16,17)10-1-2-21-12(23)9-11(19-4-7-24-8-5-19)18-13(21)20(10)3-6-22/h9-10,22H,1-8H2. The van der Waals surface area contributed by atoms with Crippen LogP contribution in [-0.2, 0) is 11.3 Å². The summed E-state index contributed by atoms with van der Waals surface area (Å²) in [6, 6.07) is -0.406. The molecule has 7 nitrogen and oxygen atoms in total. The summed E-state index contributed by atoms with van der Waals surface area (Å²) in [6.45, 7) is 1.28. The van der Waals surface area contributed by atoms with Crippen molar-refractivity contribution >= 4 is 11.8 Å². The average molecular weight is 348 g/mol. The SMILES string of the molecule is O=c1cc(N2CCOCC2)nc2n1CCC(C(F)(F)F)N2CCO. The van der Waals surface area contributed by atoms with Gasteiger partial charge in [-0.2, -0.15) is 18.2 Å². The summed E-state index contributed by atoms with van der Waals surface area (Å²) < 4.78 is 46.4. The first kappa shape index (κ1) is 17.0. The maximum absolute atomic E-state index is 13.3. The van der Waals surface area contributed by atoms with Crippen LogP contribution in [0.5, 0.6) is 0 Å². The van der Waals surface area contributed by atoms with Crippen molar-refractivity contribution in [3.05, 3.63) is 16.4 Å². The van der Waals surface area contributed by atoms with E-state index in [-0.39, 0.29) is 31.0 Å². The average Bonchev–Trinajstić information content (AvgIpc) is 2.55. The Bertz CT molecular complexity index is 643. The summed E-state index contributed by atoms with van der Waals surface area (Å²) in [5, 5.41) is 9.16. The predicted molar refractivity (Wildman–Crippen MR) is 80.4 cm³/mol. The summed E-state index contributed by atoms with van der Waals surface area (Å²) in [5.41, 5.74) is -0.384. The molecule has 1 unspecified atom stereocenters. The number of aliphatic hydroxyl groups is 1. The second-order valence-corrected chi connectivity index (χ2v) is 5.77. The molecule has 1 aromatic rings. The van der Waals surface area contributed by atoms with Crippen LogP contribution in [0.3, 0.4) is 0 Å². The Labute approximate surface area is 136 Å². The first-order chi connectivity index (χ1) is 11.4. The highest BCUT2D eigenvalue weighted by atomic mass is 19.4. The smallest absolute Gasteiger partial charge is 0.395 e. The highest BCUT2D eigenvalue weighted by Crippen LogP contribution is 2.33. The lowest BCUT2D eigenvalue weighted by molar-refractivity contribution is -0.152. The molecule has 0 spiro atoms. The van der Waals surface area contributed by atoms with Gasteiger partial charge in [0.05, 0.1) is 19.8 Å². The molecule has 1 aromatic heterocycles. The van der Waals surface area contributed by atoms with Crippen LogP contribution in [0.2, 0.25) is 0 Å². The zero-order valence-corrected chi connectivity index (χ0v) is 13.0. The monoisotopic (exact) mass is 348 g/mol. The van der Waals surface area contributed by atoms with E-state index in [1.54, 1.807) is 0 Å². The molecule has 0 saturated carbocycles. The van der Waals surface area contributed by atoms with Gasteiger partial charge in [-0.25, -0.2) is 0 Å². The van der Waals surface area contributed by atoms with E-state index in [9.17, 15) is 18.0 Å². The number of anilines is 2. The molecule has 0 aromatic carbocycles. The molecule has 24 heavy (non-hydrogen) atoms. The zero-order valence-electron chi connectivity index (χ0n) is 13.0. The maximum Gasteiger partial charge on any atom is 0.408 e. The topological polar surface area (TPSA) is 70.8 Å². The van der Waals surface area contributed by atoms with Crippen LogP contribution < -0.4 is 15.4 Å². The van der Waals surface area contributed by atoms with Gasteiger partial charge in [-0.15, -0.1) is 0 Å². The Morgan fingerprint density at radius 2 is 2.00 bits per heavy atom. The van der Waals surface area contributed by atoms with Gasteiger partial charge < -0.3 is 19.6 Å². The van der Waals surface area contributed by atoms with Crippen molar-refractivity contribution in [2.45, 2.75) is 25.2 Å². The van der Waals surface area contributed by atoms with Crippen molar-refractivity contribution in [1.82, 2.24) is 9.55 Å². The molecule has 1 N–H and O–H groups in total. The van der Waals surface area contributed by atoms with Gasteiger partial charge in [-0.3, -0.25) is 9.36 Å². The number of hydrogen-bond donors (Lipinski definition) is 1. The molecular weight excluding hydrogens is 329 g/mol. The lowest BCUT2D eigenvalue weighted by atomic mass is 10.1. The molecule has 1 saturated heterocycles. The largest absolute Gasteiger partial charge is 0.408 e. The molecule has 0 radical (unpaired) electrons. The number of alkyl halides is 3. The number of fused-ring (bicyclic) bond motifs is 1. The number of rotatable bonds is 3. The van der Waals surface area contributed by atoms with Crippen molar-refractivity contribution in [2.24, 2.45) is 0 Å². The maximum atomic E-state index is 13.3. The fourth-order valence-electron chi connectivity index (χ4n) is 3.12. The molecular formula is C14H19F3N4O3.